The average Bonchev–Trinajstić information content (AvgIpc) is 2.84. The summed E-state index contributed by atoms with van der Waals surface area (Å²) in [5.41, 5.74) is -0.160. The summed E-state index contributed by atoms with van der Waals surface area (Å²) in [6.45, 7) is 6.58. The SMILES string of the molecule is CC[C@H](C)COCCC/C=C/C=C/CCCCCCCCCOc1cc(C(=O)O)cc(C(=O)O)c1. The Labute approximate surface area is 211 Å². The zero-order chi connectivity index (χ0) is 25.7. The zero-order valence-corrected chi connectivity index (χ0v) is 21.5. The van der Waals surface area contributed by atoms with Crippen LogP contribution in [0.1, 0.15) is 105 Å². The molecular weight excluding hydrogens is 444 g/mol. The number of carboxylic acids is 2. The van der Waals surface area contributed by atoms with Crippen LogP contribution in [0.5, 0.6) is 5.75 Å². The second-order valence-corrected chi connectivity index (χ2v) is 9.06. The van der Waals surface area contributed by atoms with Crippen LogP contribution in [-0.4, -0.2) is 42.0 Å². The molecule has 0 heterocycles. The molecule has 1 aromatic rings. The van der Waals surface area contributed by atoms with Gasteiger partial charge in [-0.3, -0.25) is 0 Å². The van der Waals surface area contributed by atoms with Crippen LogP contribution in [0.25, 0.3) is 0 Å². The lowest BCUT2D eigenvalue weighted by Gasteiger charge is -2.08. The lowest BCUT2D eigenvalue weighted by atomic mass is 10.1. The Bertz CT molecular complexity index is 751. The van der Waals surface area contributed by atoms with Crippen molar-refractivity contribution in [2.45, 2.75) is 84.5 Å². The fourth-order valence-electron chi connectivity index (χ4n) is 3.42. The van der Waals surface area contributed by atoms with Gasteiger partial charge in [-0.1, -0.05) is 76.7 Å². The molecule has 0 unspecified atom stereocenters. The summed E-state index contributed by atoms with van der Waals surface area (Å²) in [6.07, 6.45) is 21.1. The van der Waals surface area contributed by atoms with Crippen LogP contribution >= 0.6 is 0 Å². The molecule has 0 bridgehead atoms. The van der Waals surface area contributed by atoms with Gasteiger partial charge in [-0.15, -0.1) is 0 Å². The molecule has 196 valence electrons. The highest BCUT2D eigenvalue weighted by atomic mass is 16.5. The van der Waals surface area contributed by atoms with Crippen molar-refractivity contribution in [1.82, 2.24) is 0 Å². The highest BCUT2D eigenvalue weighted by Crippen LogP contribution is 2.18. The summed E-state index contributed by atoms with van der Waals surface area (Å²) in [6, 6.07) is 3.87. The summed E-state index contributed by atoms with van der Waals surface area (Å²) >= 11 is 0. The van der Waals surface area contributed by atoms with E-state index in [1.807, 2.05) is 0 Å². The van der Waals surface area contributed by atoms with Crippen molar-refractivity contribution in [2.75, 3.05) is 19.8 Å². The minimum Gasteiger partial charge on any atom is -0.494 e. The van der Waals surface area contributed by atoms with Gasteiger partial charge in [0, 0.05) is 13.2 Å². The van der Waals surface area contributed by atoms with Crippen LogP contribution in [0.15, 0.2) is 42.5 Å². The van der Waals surface area contributed by atoms with Crippen molar-refractivity contribution in [3.63, 3.8) is 0 Å². The Morgan fingerprint density at radius 3 is 1.91 bits per heavy atom. The standard InChI is InChI=1S/C29H44O6/c1-3-24(2)23-34-18-16-14-12-10-8-6-4-5-7-9-11-13-15-17-19-35-27-21-25(28(30)31)20-26(22-27)29(32)33/h6,8,10,12,20-22,24H,3-5,7,9,11,13-19,23H2,1-2H3,(H,30,31)(H,32,33)/b8-6+,12-10+/t24-/m0/s1. The fourth-order valence-corrected chi connectivity index (χ4v) is 3.42. The number of hydrogen-bond acceptors (Lipinski definition) is 4. The summed E-state index contributed by atoms with van der Waals surface area (Å²) in [4.78, 5) is 22.3. The molecule has 0 aromatic heterocycles. The predicted molar refractivity (Wildman–Crippen MR) is 141 cm³/mol. The number of ether oxygens (including phenoxy) is 2. The van der Waals surface area contributed by atoms with E-state index < -0.39 is 11.9 Å². The molecule has 0 saturated heterocycles. The van der Waals surface area contributed by atoms with Gasteiger partial charge >= 0.3 is 11.9 Å². The van der Waals surface area contributed by atoms with E-state index in [0.717, 1.165) is 57.8 Å². The number of unbranched alkanes of at least 4 members (excludes halogenated alkanes) is 8. The van der Waals surface area contributed by atoms with Crippen molar-refractivity contribution in [2.24, 2.45) is 5.92 Å². The molecule has 0 aliphatic rings. The highest BCUT2D eigenvalue weighted by Gasteiger charge is 2.12. The molecule has 0 amide bonds. The Hall–Kier alpha value is -2.60. The first-order valence-electron chi connectivity index (χ1n) is 13.1. The lowest BCUT2D eigenvalue weighted by molar-refractivity contribution is 0.0696. The second kappa shape index (κ2) is 19.7. The van der Waals surface area contributed by atoms with Gasteiger partial charge < -0.3 is 19.7 Å². The number of rotatable bonds is 21. The maximum atomic E-state index is 11.1. The van der Waals surface area contributed by atoms with Crippen molar-refractivity contribution >= 4 is 11.9 Å². The van der Waals surface area contributed by atoms with Gasteiger partial charge in [0.1, 0.15) is 5.75 Å². The van der Waals surface area contributed by atoms with Crippen molar-refractivity contribution in [3.8, 4) is 5.75 Å². The van der Waals surface area contributed by atoms with E-state index in [-0.39, 0.29) is 16.9 Å². The van der Waals surface area contributed by atoms with Gasteiger partial charge in [-0.05, 0) is 56.2 Å². The van der Waals surface area contributed by atoms with E-state index in [1.165, 1.54) is 44.2 Å². The highest BCUT2D eigenvalue weighted by molar-refractivity contribution is 5.94. The van der Waals surface area contributed by atoms with Gasteiger partial charge in [-0.2, -0.15) is 0 Å². The van der Waals surface area contributed by atoms with Crippen LogP contribution in [0.2, 0.25) is 0 Å². The molecule has 1 atom stereocenters. The minimum atomic E-state index is -1.17. The molecular formula is C29H44O6. The molecule has 6 nitrogen and oxygen atoms in total. The summed E-state index contributed by atoms with van der Waals surface area (Å²) in [5.74, 6) is -1.39. The minimum absolute atomic E-state index is 0.0799. The van der Waals surface area contributed by atoms with Crippen LogP contribution in [-0.2, 0) is 4.74 Å². The molecule has 0 radical (unpaired) electrons. The van der Waals surface area contributed by atoms with E-state index in [9.17, 15) is 9.59 Å². The van der Waals surface area contributed by atoms with Gasteiger partial charge in [0.2, 0.25) is 0 Å². The van der Waals surface area contributed by atoms with Gasteiger partial charge in [-0.25, -0.2) is 9.59 Å². The van der Waals surface area contributed by atoms with Gasteiger partial charge in [0.15, 0.2) is 0 Å². The smallest absolute Gasteiger partial charge is 0.335 e. The Morgan fingerprint density at radius 2 is 1.34 bits per heavy atom. The Morgan fingerprint density at radius 1 is 0.800 bits per heavy atom. The third-order valence-electron chi connectivity index (χ3n) is 5.83. The molecule has 1 aromatic carbocycles. The molecule has 2 N–H and O–H groups in total. The number of benzene rings is 1. The predicted octanol–water partition coefficient (Wildman–Crippen LogP) is 7.54. The number of carboxylic acid groups (broad SMARTS) is 2. The van der Waals surface area contributed by atoms with Crippen LogP contribution < -0.4 is 4.74 Å². The Balaban J connectivity index is 1.98. The van der Waals surface area contributed by atoms with E-state index >= 15 is 0 Å². The third-order valence-corrected chi connectivity index (χ3v) is 5.83. The topological polar surface area (TPSA) is 93.1 Å². The third kappa shape index (κ3) is 15.8. The largest absolute Gasteiger partial charge is 0.494 e. The number of aromatic carboxylic acids is 2. The van der Waals surface area contributed by atoms with Crippen LogP contribution in [0, 0.1) is 5.92 Å². The van der Waals surface area contributed by atoms with Crippen LogP contribution in [0.3, 0.4) is 0 Å². The van der Waals surface area contributed by atoms with Gasteiger partial charge in [0.25, 0.3) is 0 Å². The molecule has 0 spiro atoms. The maximum absolute atomic E-state index is 11.1. The molecule has 0 aliphatic carbocycles. The number of carbonyl (C=O) groups is 2. The summed E-state index contributed by atoms with van der Waals surface area (Å²) in [7, 11) is 0. The molecule has 6 heteroatoms. The fraction of sp³-hybridized carbons (Fsp3) is 0.586. The zero-order valence-electron chi connectivity index (χ0n) is 21.5. The first kappa shape index (κ1) is 30.4. The average molecular weight is 489 g/mol. The van der Waals surface area contributed by atoms with Gasteiger partial charge in [0.05, 0.1) is 17.7 Å². The maximum Gasteiger partial charge on any atom is 0.335 e. The molecule has 0 fully saturated rings. The lowest BCUT2D eigenvalue weighted by Crippen LogP contribution is -2.05. The van der Waals surface area contributed by atoms with Crippen LogP contribution in [0.4, 0.5) is 0 Å². The molecule has 35 heavy (non-hydrogen) atoms. The normalized spacial score (nSPS) is 12.4. The second-order valence-electron chi connectivity index (χ2n) is 9.06. The number of allylic oxidation sites excluding steroid dienone is 4. The molecule has 0 aliphatic heterocycles. The summed E-state index contributed by atoms with van der Waals surface area (Å²) < 4.78 is 11.2. The van der Waals surface area contributed by atoms with Crippen molar-refractivity contribution in [3.05, 3.63) is 53.6 Å². The summed E-state index contributed by atoms with van der Waals surface area (Å²) in [5, 5.41) is 18.2. The Kier molecular flexibility index (Phi) is 17.1. The van der Waals surface area contributed by atoms with Crippen molar-refractivity contribution in [1.29, 1.82) is 0 Å². The molecule has 0 saturated carbocycles. The molecule has 1 rings (SSSR count). The quantitative estimate of drug-likeness (QED) is 0.137. The monoisotopic (exact) mass is 488 g/mol. The van der Waals surface area contributed by atoms with E-state index in [2.05, 4.69) is 38.2 Å². The first-order chi connectivity index (χ1) is 16.9. The van der Waals surface area contributed by atoms with E-state index in [4.69, 9.17) is 19.7 Å². The first-order valence-corrected chi connectivity index (χ1v) is 13.1. The number of hydrogen-bond donors (Lipinski definition) is 2. The van der Waals surface area contributed by atoms with E-state index in [0.29, 0.717) is 12.5 Å². The van der Waals surface area contributed by atoms with Crippen molar-refractivity contribution < 1.29 is 29.3 Å². The van der Waals surface area contributed by atoms with E-state index in [1.54, 1.807) is 0 Å².